The quantitative estimate of drug-likeness (QED) is 0.399. The van der Waals surface area contributed by atoms with Crippen LogP contribution in [0.2, 0.25) is 0 Å². The summed E-state index contributed by atoms with van der Waals surface area (Å²) in [6.07, 6.45) is -1.45. The fourth-order valence-corrected chi connectivity index (χ4v) is 3.07. The first kappa shape index (κ1) is 20.9. The fraction of sp³-hybridized carbons (Fsp3) is 0.136. The average Bonchev–Trinajstić information content (AvgIpc) is 3.44. The highest BCUT2D eigenvalue weighted by Gasteiger charge is 2.22. The number of hydrogen-bond acceptors (Lipinski definition) is 8. The van der Waals surface area contributed by atoms with E-state index in [-0.39, 0.29) is 12.4 Å². The van der Waals surface area contributed by atoms with Gasteiger partial charge in [-0.05, 0) is 12.5 Å². The van der Waals surface area contributed by atoms with E-state index in [0.29, 0.717) is 28.4 Å². The normalized spacial score (nSPS) is 11.8. The Morgan fingerprint density at radius 2 is 1.75 bits per heavy atom. The molecule has 0 saturated heterocycles. The number of nitrogens with zero attached hydrogens (tertiary/aromatic N) is 3. The van der Waals surface area contributed by atoms with Crippen LogP contribution < -0.4 is 11.1 Å². The van der Waals surface area contributed by atoms with Crippen LogP contribution in [0.15, 0.2) is 63.6 Å². The standard InChI is InChI=1S/C22H19N5O5/c1-12-17(13-5-3-2-4-6-13)26-31-19(12)22-25-20(27-32-22)15-9-7-14(8-10-15)18(29)21(30)24-11-16(23)28/h2-10,18,29H,11H2,1H3,(H2,23,28)(H,24,30). The summed E-state index contributed by atoms with van der Waals surface area (Å²) in [5, 5.41) is 20.5. The molecule has 4 N–H and O–H groups in total. The molecule has 1 unspecified atom stereocenters. The first-order chi connectivity index (χ1) is 15.4. The molecule has 0 bridgehead atoms. The van der Waals surface area contributed by atoms with Gasteiger partial charge in [0.2, 0.25) is 17.5 Å². The molecule has 0 aliphatic carbocycles. The van der Waals surface area contributed by atoms with Crippen molar-refractivity contribution in [2.75, 3.05) is 6.54 Å². The number of hydrogen-bond donors (Lipinski definition) is 3. The van der Waals surface area contributed by atoms with Crippen molar-refractivity contribution in [1.82, 2.24) is 20.6 Å². The molecular formula is C22H19N5O5. The van der Waals surface area contributed by atoms with E-state index in [4.69, 9.17) is 14.8 Å². The predicted octanol–water partition coefficient (Wildman–Crippen LogP) is 2.00. The molecule has 2 amide bonds. The first-order valence-electron chi connectivity index (χ1n) is 9.64. The van der Waals surface area contributed by atoms with Crippen LogP contribution in [-0.2, 0) is 9.59 Å². The maximum Gasteiger partial charge on any atom is 0.297 e. The van der Waals surface area contributed by atoms with Crippen molar-refractivity contribution >= 4 is 11.8 Å². The van der Waals surface area contributed by atoms with Crippen LogP contribution in [0.1, 0.15) is 17.2 Å². The van der Waals surface area contributed by atoms with Gasteiger partial charge in [0.15, 0.2) is 6.10 Å². The summed E-state index contributed by atoms with van der Waals surface area (Å²) in [5.41, 5.74) is 8.29. The number of aliphatic hydroxyl groups excluding tert-OH is 1. The summed E-state index contributed by atoms with van der Waals surface area (Å²) >= 11 is 0. The van der Waals surface area contributed by atoms with E-state index >= 15 is 0 Å². The fourth-order valence-electron chi connectivity index (χ4n) is 3.07. The molecule has 2 aromatic heterocycles. The van der Waals surface area contributed by atoms with Crippen LogP contribution in [0, 0.1) is 6.92 Å². The number of primary amides is 1. The van der Waals surface area contributed by atoms with Gasteiger partial charge in [0.25, 0.3) is 11.8 Å². The largest absolute Gasteiger partial charge is 0.378 e. The molecule has 32 heavy (non-hydrogen) atoms. The van der Waals surface area contributed by atoms with Crippen molar-refractivity contribution in [3.63, 3.8) is 0 Å². The number of carbonyl (C=O) groups excluding carboxylic acids is 2. The Morgan fingerprint density at radius 1 is 1.03 bits per heavy atom. The zero-order valence-corrected chi connectivity index (χ0v) is 17.0. The minimum atomic E-state index is -1.45. The van der Waals surface area contributed by atoms with Gasteiger partial charge in [0.1, 0.15) is 5.69 Å². The lowest BCUT2D eigenvalue weighted by Crippen LogP contribution is -2.36. The summed E-state index contributed by atoms with van der Waals surface area (Å²) in [6, 6.07) is 16.0. The van der Waals surface area contributed by atoms with E-state index in [2.05, 4.69) is 20.6 Å². The number of amides is 2. The minimum absolute atomic E-state index is 0.183. The molecule has 4 aromatic rings. The second kappa shape index (κ2) is 8.82. The van der Waals surface area contributed by atoms with Crippen LogP contribution in [0.4, 0.5) is 0 Å². The number of rotatable bonds is 7. The Morgan fingerprint density at radius 3 is 2.44 bits per heavy atom. The van der Waals surface area contributed by atoms with Crippen molar-refractivity contribution in [3.05, 3.63) is 65.7 Å². The molecule has 2 aromatic carbocycles. The second-order valence-corrected chi connectivity index (χ2v) is 6.98. The molecule has 1 atom stereocenters. The van der Waals surface area contributed by atoms with Crippen LogP contribution >= 0.6 is 0 Å². The topological polar surface area (TPSA) is 157 Å². The van der Waals surface area contributed by atoms with E-state index < -0.39 is 17.9 Å². The van der Waals surface area contributed by atoms with Gasteiger partial charge < -0.3 is 25.2 Å². The first-order valence-corrected chi connectivity index (χ1v) is 9.64. The highest BCUT2D eigenvalue weighted by Crippen LogP contribution is 2.31. The zero-order chi connectivity index (χ0) is 22.7. The predicted molar refractivity (Wildman–Crippen MR) is 113 cm³/mol. The monoisotopic (exact) mass is 433 g/mol. The summed E-state index contributed by atoms with van der Waals surface area (Å²) < 4.78 is 10.8. The molecule has 4 rings (SSSR count). The zero-order valence-electron chi connectivity index (χ0n) is 17.0. The van der Waals surface area contributed by atoms with Crippen LogP contribution in [-0.4, -0.2) is 38.8 Å². The lowest BCUT2D eigenvalue weighted by molar-refractivity contribution is -0.131. The number of carbonyl (C=O) groups is 2. The van der Waals surface area contributed by atoms with Gasteiger partial charge in [0.05, 0.1) is 6.54 Å². The molecule has 0 spiro atoms. The van der Waals surface area contributed by atoms with Gasteiger partial charge in [-0.1, -0.05) is 64.9 Å². The van der Waals surface area contributed by atoms with Crippen LogP contribution in [0.5, 0.6) is 0 Å². The Balaban J connectivity index is 1.51. The molecule has 10 heteroatoms. The van der Waals surface area contributed by atoms with E-state index in [0.717, 1.165) is 11.1 Å². The van der Waals surface area contributed by atoms with Gasteiger partial charge in [-0.25, -0.2) is 0 Å². The summed E-state index contributed by atoms with van der Waals surface area (Å²) in [7, 11) is 0. The SMILES string of the molecule is Cc1c(-c2ccccc2)noc1-c1nc(-c2ccc(C(O)C(=O)NCC(N)=O)cc2)no1. The van der Waals surface area contributed by atoms with E-state index in [1.54, 1.807) is 24.3 Å². The molecular weight excluding hydrogens is 414 g/mol. The third-order valence-electron chi connectivity index (χ3n) is 4.76. The Bertz CT molecular complexity index is 1250. The highest BCUT2D eigenvalue weighted by molar-refractivity contribution is 5.86. The summed E-state index contributed by atoms with van der Waals surface area (Å²) in [6.45, 7) is 1.50. The van der Waals surface area contributed by atoms with E-state index in [1.165, 1.54) is 0 Å². The maximum absolute atomic E-state index is 11.9. The van der Waals surface area contributed by atoms with Crippen molar-refractivity contribution in [3.8, 4) is 34.3 Å². The summed E-state index contributed by atoms with van der Waals surface area (Å²) in [4.78, 5) is 27.0. The lowest BCUT2D eigenvalue weighted by atomic mass is 10.1. The molecule has 0 saturated carbocycles. The number of nitrogens with one attached hydrogen (secondary N) is 1. The molecule has 162 valence electrons. The van der Waals surface area contributed by atoms with E-state index in [9.17, 15) is 14.7 Å². The van der Waals surface area contributed by atoms with Crippen LogP contribution in [0.25, 0.3) is 34.3 Å². The van der Waals surface area contributed by atoms with E-state index in [1.807, 2.05) is 37.3 Å². The molecule has 2 heterocycles. The van der Waals surface area contributed by atoms with Crippen molar-refractivity contribution in [2.45, 2.75) is 13.0 Å². The molecule has 10 nitrogen and oxygen atoms in total. The molecule has 0 fully saturated rings. The third kappa shape index (κ3) is 4.25. The number of nitrogens with two attached hydrogens (primary N) is 1. The molecule has 0 radical (unpaired) electrons. The van der Waals surface area contributed by atoms with Gasteiger partial charge in [-0.3, -0.25) is 9.59 Å². The molecule has 0 aliphatic heterocycles. The highest BCUT2D eigenvalue weighted by atomic mass is 16.5. The third-order valence-corrected chi connectivity index (χ3v) is 4.76. The summed E-state index contributed by atoms with van der Waals surface area (Å²) in [5.74, 6) is -0.570. The minimum Gasteiger partial charge on any atom is -0.378 e. The Hall–Kier alpha value is -4.31. The Labute approximate surface area is 182 Å². The smallest absolute Gasteiger partial charge is 0.297 e. The number of benzene rings is 2. The van der Waals surface area contributed by atoms with Gasteiger partial charge in [0, 0.05) is 16.7 Å². The lowest BCUT2D eigenvalue weighted by Gasteiger charge is -2.10. The number of aliphatic hydroxyl groups is 1. The maximum atomic E-state index is 11.9. The average molecular weight is 433 g/mol. The number of aromatic nitrogens is 3. The Kier molecular flexibility index (Phi) is 5.77. The molecule has 0 aliphatic rings. The van der Waals surface area contributed by atoms with Gasteiger partial charge in [-0.2, -0.15) is 4.98 Å². The van der Waals surface area contributed by atoms with Gasteiger partial charge in [-0.15, -0.1) is 0 Å². The van der Waals surface area contributed by atoms with Crippen LogP contribution in [0.3, 0.4) is 0 Å². The van der Waals surface area contributed by atoms with Crippen molar-refractivity contribution in [1.29, 1.82) is 0 Å². The van der Waals surface area contributed by atoms with Crippen molar-refractivity contribution < 1.29 is 23.7 Å². The second-order valence-electron chi connectivity index (χ2n) is 6.98. The van der Waals surface area contributed by atoms with Crippen molar-refractivity contribution in [2.24, 2.45) is 5.73 Å². The van der Waals surface area contributed by atoms with Gasteiger partial charge >= 0.3 is 0 Å².